The van der Waals surface area contributed by atoms with Gasteiger partial charge in [0.2, 0.25) is 5.82 Å². The number of carbonyl (C=O) groups excluding carboxylic acids is 1. The molecule has 2 rings (SSSR count). The molecule has 0 bridgehead atoms. The van der Waals surface area contributed by atoms with E-state index in [0.29, 0.717) is 5.39 Å². The zero-order valence-corrected chi connectivity index (χ0v) is 10.4. The van der Waals surface area contributed by atoms with E-state index in [2.05, 4.69) is 25.2 Å². The molecule has 2 aromatic rings. The summed E-state index contributed by atoms with van der Waals surface area (Å²) in [7, 11) is 1.06. The van der Waals surface area contributed by atoms with Crippen LogP contribution in [-0.2, 0) is 9.53 Å². The van der Waals surface area contributed by atoms with Crippen molar-refractivity contribution < 1.29 is 9.53 Å². The number of hydrogen-bond acceptors (Lipinski definition) is 7. The third-order valence-corrected chi connectivity index (χ3v) is 2.55. The van der Waals surface area contributed by atoms with Gasteiger partial charge in [0.15, 0.2) is 0 Å². The third-order valence-electron chi connectivity index (χ3n) is 2.55. The molecule has 0 amide bonds. The Kier molecular flexibility index (Phi) is 3.40. The van der Waals surface area contributed by atoms with Crippen LogP contribution in [0.4, 0.5) is 5.82 Å². The van der Waals surface area contributed by atoms with Gasteiger partial charge in [-0.2, -0.15) is 15.6 Å². The van der Waals surface area contributed by atoms with Crippen molar-refractivity contribution in [2.75, 3.05) is 7.11 Å². The van der Waals surface area contributed by atoms with Gasteiger partial charge in [0.25, 0.3) is 0 Å². The van der Waals surface area contributed by atoms with Gasteiger partial charge in [0.05, 0.1) is 12.6 Å². The number of para-hydroxylation sites is 1. The Labute approximate surface area is 113 Å². The highest BCUT2D eigenvalue weighted by atomic mass is 16.5. The summed E-state index contributed by atoms with van der Waals surface area (Å²) in [6, 6.07) is 10.1. The molecule has 0 atom stereocenters. The van der Waals surface area contributed by atoms with Crippen LogP contribution in [0.1, 0.15) is 0 Å². The summed E-state index contributed by atoms with van der Waals surface area (Å²) in [5.41, 5.74) is -1.60. The minimum absolute atomic E-state index is 0.180. The van der Waals surface area contributed by atoms with Crippen LogP contribution in [0.15, 0.2) is 34.5 Å². The Bertz CT molecular complexity index is 750. The van der Waals surface area contributed by atoms with E-state index in [9.17, 15) is 4.79 Å². The van der Waals surface area contributed by atoms with E-state index in [-0.39, 0.29) is 5.82 Å². The maximum absolute atomic E-state index is 11.5. The molecule has 0 aliphatic rings. The number of fused-ring (bicyclic) bond motifs is 1. The van der Waals surface area contributed by atoms with Crippen LogP contribution in [0.25, 0.3) is 10.9 Å². The molecule has 0 unspecified atom stereocenters. The molecule has 0 saturated carbocycles. The summed E-state index contributed by atoms with van der Waals surface area (Å²) in [6.07, 6.45) is 0. The number of nitrogens with one attached hydrogen (secondary N) is 1. The van der Waals surface area contributed by atoms with Gasteiger partial charge in [0, 0.05) is 5.39 Å². The molecule has 0 radical (unpaired) electrons. The first-order valence-electron chi connectivity index (χ1n) is 5.44. The van der Waals surface area contributed by atoms with Crippen molar-refractivity contribution >= 4 is 22.7 Å². The summed E-state index contributed by atoms with van der Waals surface area (Å²) < 4.78 is 4.39. The highest BCUT2D eigenvalue weighted by Gasteiger charge is 2.41. The average molecular weight is 268 g/mol. The lowest BCUT2D eigenvalue weighted by molar-refractivity contribution is -0.143. The van der Waals surface area contributed by atoms with E-state index < -0.39 is 11.5 Å². The van der Waals surface area contributed by atoms with Crippen molar-refractivity contribution in [1.29, 1.82) is 10.5 Å². The first-order valence-corrected chi connectivity index (χ1v) is 5.44. The number of esters is 1. The summed E-state index contributed by atoms with van der Waals surface area (Å²) in [4.78, 5) is 11.5. The lowest BCUT2D eigenvalue weighted by Crippen LogP contribution is -2.34. The standard InChI is InChI=1S/C12H8N6O2/c1-20-11(19)12(6-13,7-14)18-17-10-8-4-2-3-5-9(8)15-16-10/h2-5H,1H3,(H,15,16). The van der Waals surface area contributed by atoms with Crippen molar-refractivity contribution in [2.24, 2.45) is 10.2 Å². The molecule has 0 spiro atoms. The quantitative estimate of drug-likeness (QED) is 0.668. The summed E-state index contributed by atoms with van der Waals surface area (Å²) in [6.45, 7) is 0. The number of azo groups is 1. The van der Waals surface area contributed by atoms with Crippen molar-refractivity contribution in [2.45, 2.75) is 5.54 Å². The Morgan fingerprint density at radius 2 is 2.10 bits per heavy atom. The zero-order valence-electron chi connectivity index (χ0n) is 10.4. The van der Waals surface area contributed by atoms with Gasteiger partial charge in [-0.05, 0) is 12.1 Å². The monoisotopic (exact) mass is 268 g/mol. The number of methoxy groups -OCH3 is 1. The predicted octanol–water partition coefficient (Wildman–Crippen LogP) is 1.61. The van der Waals surface area contributed by atoms with E-state index in [0.717, 1.165) is 12.6 Å². The fraction of sp³-hybridized carbons (Fsp3) is 0.167. The van der Waals surface area contributed by atoms with E-state index in [1.807, 2.05) is 6.07 Å². The number of aromatic amines is 1. The molecular formula is C12H8N6O2. The van der Waals surface area contributed by atoms with Gasteiger partial charge in [-0.1, -0.05) is 12.1 Å². The number of aromatic nitrogens is 2. The lowest BCUT2D eigenvalue weighted by atomic mass is 10.1. The molecule has 20 heavy (non-hydrogen) atoms. The van der Waals surface area contributed by atoms with Crippen LogP contribution in [-0.4, -0.2) is 28.8 Å². The summed E-state index contributed by atoms with van der Waals surface area (Å²) in [5, 5.41) is 32.4. The minimum Gasteiger partial charge on any atom is -0.466 e. The maximum atomic E-state index is 11.5. The zero-order chi connectivity index (χ0) is 14.6. The van der Waals surface area contributed by atoms with Crippen molar-refractivity contribution in [1.82, 2.24) is 10.2 Å². The predicted molar refractivity (Wildman–Crippen MR) is 66.6 cm³/mol. The highest BCUT2D eigenvalue weighted by molar-refractivity contribution is 5.89. The topological polar surface area (TPSA) is 127 Å². The van der Waals surface area contributed by atoms with Crippen LogP contribution >= 0.6 is 0 Å². The SMILES string of the molecule is COC(=O)C(C#N)(C#N)N=Nc1n[nH]c2ccccc12. The number of nitrogens with zero attached hydrogens (tertiary/aromatic N) is 5. The summed E-state index contributed by atoms with van der Waals surface area (Å²) >= 11 is 0. The third kappa shape index (κ3) is 2.06. The molecule has 1 aromatic carbocycles. The molecule has 0 fully saturated rings. The maximum Gasteiger partial charge on any atom is 0.365 e. The number of carbonyl (C=O) groups is 1. The number of hydrogen-bond donors (Lipinski definition) is 1. The molecule has 1 aromatic heterocycles. The second-order valence-electron chi connectivity index (χ2n) is 3.72. The van der Waals surface area contributed by atoms with Crippen LogP contribution in [0, 0.1) is 22.7 Å². The van der Waals surface area contributed by atoms with Gasteiger partial charge in [-0.15, -0.1) is 10.2 Å². The van der Waals surface area contributed by atoms with E-state index in [1.54, 1.807) is 18.2 Å². The van der Waals surface area contributed by atoms with Crippen LogP contribution < -0.4 is 0 Å². The number of H-pyrrole nitrogens is 1. The van der Waals surface area contributed by atoms with Gasteiger partial charge in [-0.25, -0.2) is 4.79 Å². The lowest BCUT2D eigenvalue weighted by Gasteiger charge is -2.07. The van der Waals surface area contributed by atoms with Crippen LogP contribution in [0.5, 0.6) is 0 Å². The van der Waals surface area contributed by atoms with Crippen molar-refractivity contribution in [3.63, 3.8) is 0 Å². The number of rotatable bonds is 3. The van der Waals surface area contributed by atoms with Crippen molar-refractivity contribution in [3.05, 3.63) is 24.3 Å². The smallest absolute Gasteiger partial charge is 0.365 e. The van der Waals surface area contributed by atoms with Gasteiger partial charge >= 0.3 is 11.5 Å². The van der Waals surface area contributed by atoms with E-state index in [1.165, 1.54) is 12.1 Å². The van der Waals surface area contributed by atoms with Gasteiger partial charge < -0.3 is 4.74 Å². The largest absolute Gasteiger partial charge is 0.466 e. The Morgan fingerprint density at radius 1 is 1.40 bits per heavy atom. The number of benzene rings is 1. The second kappa shape index (κ2) is 5.16. The fourth-order valence-electron chi connectivity index (χ4n) is 1.50. The number of ether oxygens (including phenoxy) is 1. The van der Waals surface area contributed by atoms with E-state index in [4.69, 9.17) is 10.5 Å². The molecule has 0 aliphatic carbocycles. The first kappa shape index (κ1) is 13.2. The van der Waals surface area contributed by atoms with Gasteiger partial charge in [0.1, 0.15) is 12.1 Å². The average Bonchev–Trinajstić information content (AvgIpc) is 2.92. The normalized spacial score (nSPS) is 11.2. The molecule has 1 heterocycles. The van der Waals surface area contributed by atoms with Crippen LogP contribution in [0.3, 0.4) is 0 Å². The molecule has 8 nitrogen and oxygen atoms in total. The second-order valence-corrected chi connectivity index (χ2v) is 3.72. The van der Waals surface area contributed by atoms with Crippen LogP contribution in [0.2, 0.25) is 0 Å². The fourth-order valence-corrected chi connectivity index (χ4v) is 1.50. The number of nitriles is 2. The Balaban J connectivity index is 2.44. The molecule has 1 N–H and O–H groups in total. The molecular weight excluding hydrogens is 260 g/mol. The van der Waals surface area contributed by atoms with E-state index >= 15 is 0 Å². The Morgan fingerprint density at radius 3 is 2.75 bits per heavy atom. The van der Waals surface area contributed by atoms with Crippen molar-refractivity contribution in [3.8, 4) is 12.1 Å². The molecule has 8 heteroatoms. The Hall–Kier alpha value is -3.26. The highest BCUT2D eigenvalue weighted by Crippen LogP contribution is 2.24. The summed E-state index contributed by atoms with van der Waals surface area (Å²) in [5.74, 6) is -0.912. The molecule has 98 valence electrons. The molecule has 0 saturated heterocycles. The van der Waals surface area contributed by atoms with Gasteiger partial charge in [-0.3, -0.25) is 5.10 Å². The molecule has 0 aliphatic heterocycles. The first-order chi connectivity index (χ1) is 9.66. The minimum atomic E-state index is -2.32.